The van der Waals surface area contributed by atoms with Crippen molar-refractivity contribution in [3.05, 3.63) is 29.3 Å². The van der Waals surface area contributed by atoms with Crippen molar-refractivity contribution in [3.63, 3.8) is 0 Å². The summed E-state index contributed by atoms with van der Waals surface area (Å²) in [5, 5.41) is 2.60. The summed E-state index contributed by atoms with van der Waals surface area (Å²) in [5.74, 6) is -1.24. The quantitative estimate of drug-likeness (QED) is 0.813. The third kappa shape index (κ3) is 2.56. The van der Waals surface area contributed by atoms with Crippen molar-refractivity contribution < 1.29 is 13.6 Å². The lowest BCUT2D eigenvalue weighted by molar-refractivity contribution is -0.118. The number of anilines is 1. The lowest BCUT2D eigenvalue weighted by Gasteiger charge is -2.40. The molecule has 3 unspecified atom stereocenters. The molecular formula is C17H21F2NO. The van der Waals surface area contributed by atoms with E-state index in [2.05, 4.69) is 26.1 Å². The molecule has 1 N–H and O–H groups in total. The zero-order valence-corrected chi connectivity index (χ0v) is 12.7. The Balaban J connectivity index is 1.99. The maximum atomic E-state index is 13.8. The van der Waals surface area contributed by atoms with Gasteiger partial charge in [0.1, 0.15) is 11.6 Å². The molecule has 3 rings (SSSR count). The van der Waals surface area contributed by atoms with Gasteiger partial charge in [-0.15, -0.1) is 0 Å². The zero-order valence-electron chi connectivity index (χ0n) is 12.7. The molecule has 21 heavy (non-hydrogen) atoms. The molecule has 1 aromatic rings. The Morgan fingerprint density at radius 3 is 2.62 bits per heavy atom. The lowest BCUT2D eigenvalue weighted by atomic mass is 9.64. The Morgan fingerprint density at radius 2 is 1.95 bits per heavy atom. The van der Waals surface area contributed by atoms with Gasteiger partial charge in [0.2, 0.25) is 5.91 Å². The normalized spacial score (nSPS) is 30.9. The van der Waals surface area contributed by atoms with Gasteiger partial charge in [-0.25, -0.2) is 8.78 Å². The van der Waals surface area contributed by atoms with E-state index in [1.54, 1.807) is 0 Å². The second kappa shape index (κ2) is 4.79. The fourth-order valence-corrected chi connectivity index (χ4v) is 4.45. The summed E-state index contributed by atoms with van der Waals surface area (Å²) < 4.78 is 27.4. The standard InChI is InChI=1S/C17H21F2NO/c1-9-4-10(8-17(2,3)7-9)14-12-5-11(18)6-13(19)15(12)20-16(14)21/h5-6,9-10,14H,4,7-8H2,1-3H3,(H,20,21). The molecule has 1 amide bonds. The molecule has 0 radical (unpaired) electrons. The van der Waals surface area contributed by atoms with Crippen LogP contribution in [0.2, 0.25) is 0 Å². The van der Waals surface area contributed by atoms with Gasteiger partial charge < -0.3 is 5.32 Å². The Labute approximate surface area is 123 Å². The predicted octanol–water partition coefficient (Wildman–Crippen LogP) is 4.46. The number of nitrogens with one attached hydrogen (secondary N) is 1. The predicted molar refractivity (Wildman–Crippen MR) is 78.0 cm³/mol. The van der Waals surface area contributed by atoms with E-state index in [4.69, 9.17) is 0 Å². The van der Waals surface area contributed by atoms with Crippen LogP contribution in [0.5, 0.6) is 0 Å². The first-order chi connectivity index (χ1) is 9.77. The fourth-order valence-electron chi connectivity index (χ4n) is 4.45. The van der Waals surface area contributed by atoms with Gasteiger partial charge in [-0.1, -0.05) is 20.8 Å². The van der Waals surface area contributed by atoms with Crippen LogP contribution in [0, 0.1) is 28.9 Å². The molecule has 1 saturated carbocycles. The van der Waals surface area contributed by atoms with Crippen LogP contribution < -0.4 is 5.32 Å². The monoisotopic (exact) mass is 293 g/mol. The van der Waals surface area contributed by atoms with Crippen LogP contribution in [0.3, 0.4) is 0 Å². The number of fused-ring (bicyclic) bond motifs is 1. The number of hydrogen-bond acceptors (Lipinski definition) is 1. The highest BCUT2D eigenvalue weighted by atomic mass is 19.1. The molecule has 0 bridgehead atoms. The molecule has 114 valence electrons. The number of benzene rings is 1. The molecule has 0 spiro atoms. The average Bonchev–Trinajstić information content (AvgIpc) is 2.63. The van der Waals surface area contributed by atoms with E-state index in [1.165, 1.54) is 6.07 Å². The zero-order chi connectivity index (χ0) is 15.4. The van der Waals surface area contributed by atoms with Crippen LogP contribution in [-0.2, 0) is 4.79 Å². The van der Waals surface area contributed by atoms with Crippen LogP contribution in [0.25, 0.3) is 0 Å². The Kier molecular flexibility index (Phi) is 3.30. The molecule has 1 aliphatic carbocycles. The highest BCUT2D eigenvalue weighted by molar-refractivity contribution is 6.03. The number of rotatable bonds is 1. The second-order valence-electron chi connectivity index (χ2n) is 7.49. The molecule has 0 aromatic heterocycles. The van der Waals surface area contributed by atoms with Gasteiger partial charge in [-0.2, -0.15) is 0 Å². The summed E-state index contributed by atoms with van der Waals surface area (Å²) in [7, 11) is 0. The van der Waals surface area contributed by atoms with E-state index in [0.717, 1.165) is 25.3 Å². The van der Waals surface area contributed by atoms with Gasteiger partial charge >= 0.3 is 0 Å². The number of amides is 1. The molecular weight excluding hydrogens is 272 g/mol. The van der Waals surface area contributed by atoms with Crippen molar-refractivity contribution in [2.75, 3.05) is 5.32 Å². The Morgan fingerprint density at radius 1 is 1.24 bits per heavy atom. The molecule has 2 aliphatic rings. The van der Waals surface area contributed by atoms with Crippen molar-refractivity contribution in [1.29, 1.82) is 0 Å². The van der Waals surface area contributed by atoms with E-state index in [0.29, 0.717) is 11.5 Å². The van der Waals surface area contributed by atoms with Crippen LogP contribution in [0.1, 0.15) is 51.5 Å². The minimum absolute atomic E-state index is 0.145. The smallest absolute Gasteiger partial charge is 0.232 e. The van der Waals surface area contributed by atoms with Crippen LogP contribution in [0.15, 0.2) is 12.1 Å². The highest BCUT2D eigenvalue weighted by Crippen LogP contribution is 2.50. The third-order valence-corrected chi connectivity index (χ3v) is 4.84. The molecule has 0 saturated heterocycles. The SMILES string of the molecule is CC1CC(C2C(=O)Nc3c(F)cc(F)cc32)CC(C)(C)C1. The molecule has 1 heterocycles. The third-order valence-electron chi connectivity index (χ3n) is 4.84. The van der Waals surface area contributed by atoms with E-state index in [9.17, 15) is 13.6 Å². The largest absolute Gasteiger partial charge is 0.323 e. The van der Waals surface area contributed by atoms with Crippen LogP contribution in [-0.4, -0.2) is 5.91 Å². The maximum Gasteiger partial charge on any atom is 0.232 e. The first kappa shape index (κ1) is 14.5. The summed E-state index contributed by atoms with van der Waals surface area (Å²) in [6.07, 6.45) is 2.97. The average molecular weight is 293 g/mol. The summed E-state index contributed by atoms with van der Waals surface area (Å²) in [5.41, 5.74) is 0.826. The van der Waals surface area contributed by atoms with E-state index >= 15 is 0 Å². The fraction of sp³-hybridized carbons (Fsp3) is 0.588. The van der Waals surface area contributed by atoms with Crippen LogP contribution >= 0.6 is 0 Å². The first-order valence-electron chi connectivity index (χ1n) is 7.56. The summed E-state index contributed by atoms with van der Waals surface area (Å²) >= 11 is 0. The summed E-state index contributed by atoms with van der Waals surface area (Å²) in [6, 6.07) is 2.14. The number of hydrogen-bond donors (Lipinski definition) is 1. The number of carbonyl (C=O) groups is 1. The molecule has 2 nitrogen and oxygen atoms in total. The van der Waals surface area contributed by atoms with Crippen molar-refractivity contribution >= 4 is 11.6 Å². The van der Waals surface area contributed by atoms with Crippen LogP contribution in [0.4, 0.5) is 14.5 Å². The van der Waals surface area contributed by atoms with Gasteiger partial charge in [-0.05, 0) is 48.1 Å². The maximum absolute atomic E-state index is 13.8. The molecule has 3 atom stereocenters. The van der Waals surface area contributed by atoms with Gasteiger partial charge in [0.05, 0.1) is 11.6 Å². The first-order valence-corrected chi connectivity index (χ1v) is 7.56. The van der Waals surface area contributed by atoms with Crippen molar-refractivity contribution in [3.8, 4) is 0 Å². The number of carbonyl (C=O) groups excluding carboxylic acids is 1. The van der Waals surface area contributed by atoms with E-state index < -0.39 is 17.6 Å². The minimum Gasteiger partial charge on any atom is -0.323 e. The topological polar surface area (TPSA) is 29.1 Å². The Hall–Kier alpha value is -1.45. The molecule has 1 aromatic carbocycles. The summed E-state index contributed by atoms with van der Waals surface area (Å²) in [4.78, 5) is 12.3. The van der Waals surface area contributed by atoms with Gasteiger partial charge in [0.25, 0.3) is 0 Å². The second-order valence-corrected chi connectivity index (χ2v) is 7.49. The highest BCUT2D eigenvalue weighted by Gasteiger charge is 2.43. The number of halogens is 2. The van der Waals surface area contributed by atoms with E-state index in [-0.39, 0.29) is 22.9 Å². The minimum atomic E-state index is -0.677. The molecule has 1 fully saturated rings. The lowest BCUT2D eigenvalue weighted by Crippen LogP contribution is -2.33. The van der Waals surface area contributed by atoms with Crippen molar-refractivity contribution in [2.45, 2.75) is 46.0 Å². The molecule has 4 heteroatoms. The van der Waals surface area contributed by atoms with Gasteiger partial charge in [0, 0.05) is 6.07 Å². The molecule has 1 aliphatic heterocycles. The Bertz CT molecular complexity index is 597. The van der Waals surface area contributed by atoms with Gasteiger partial charge in [0.15, 0.2) is 0 Å². The van der Waals surface area contributed by atoms with Crippen molar-refractivity contribution in [1.82, 2.24) is 0 Å². The van der Waals surface area contributed by atoms with Gasteiger partial charge in [-0.3, -0.25) is 4.79 Å². The summed E-state index contributed by atoms with van der Waals surface area (Å²) in [6.45, 7) is 6.60. The van der Waals surface area contributed by atoms with E-state index in [1.807, 2.05) is 0 Å². The van der Waals surface area contributed by atoms with Crippen molar-refractivity contribution in [2.24, 2.45) is 17.3 Å².